The van der Waals surface area contributed by atoms with Crippen molar-refractivity contribution in [3.05, 3.63) is 77.9 Å². The summed E-state index contributed by atoms with van der Waals surface area (Å²) < 4.78 is 27.5. The zero-order chi connectivity index (χ0) is 24.2. The van der Waals surface area contributed by atoms with E-state index < -0.39 is 0 Å². The largest absolute Gasteiger partial charge is 0.494 e. The van der Waals surface area contributed by atoms with Crippen molar-refractivity contribution in [1.82, 2.24) is 5.32 Å². The van der Waals surface area contributed by atoms with Crippen LogP contribution < -0.4 is 29.0 Å². The molecule has 1 N–H and O–H groups in total. The van der Waals surface area contributed by atoms with Crippen LogP contribution in [0, 0.1) is 0 Å². The van der Waals surface area contributed by atoms with Crippen LogP contribution in [0.25, 0.3) is 0 Å². The molecule has 0 unspecified atom stereocenters. The average molecular weight is 466 g/mol. The third-order valence-electron chi connectivity index (χ3n) is 5.12. The van der Waals surface area contributed by atoms with E-state index in [9.17, 15) is 4.79 Å². The zero-order valence-electron chi connectivity index (χ0n) is 19.8. The van der Waals surface area contributed by atoms with Gasteiger partial charge >= 0.3 is 0 Å². The van der Waals surface area contributed by atoms with Crippen molar-refractivity contribution in [3.8, 4) is 28.7 Å². The molecule has 0 heterocycles. The number of methoxy groups -OCH3 is 3. The summed E-state index contributed by atoms with van der Waals surface area (Å²) in [6.45, 7) is 1.62. The molecule has 7 nitrogen and oxygen atoms in total. The predicted octanol–water partition coefficient (Wildman–Crippen LogP) is 4.88. The maximum atomic E-state index is 12.5. The Kier molecular flexibility index (Phi) is 9.46. The Morgan fingerprint density at radius 1 is 0.765 bits per heavy atom. The van der Waals surface area contributed by atoms with Crippen LogP contribution in [-0.4, -0.2) is 40.4 Å². The Hall–Kier alpha value is -3.87. The SMILES string of the molecule is COc1cc(C(=O)NCCCCOc2ccc(OCc3ccccc3)cc2)cc(OC)c1OC. The second-order valence-corrected chi connectivity index (χ2v) is 7.47. The first kappa shape index (κ1) is 24.8. The molecule has 0 aliphatic carbocycles. The summed E-state index contributed by atoms with van der Waals surface area (Å²) in [7, 11) is 4.56. The molecule has 0 aromatic heterocycles. The maximum absolute atomic E-state index is 12.5. The molecular weight excluding hydrogens is 434 g/mol. The summed E-state index contributed by atoms with van der Waals surface area (Å²) >= 11 is 0. The van der Waals surface area contributed by atoms with E-state index in [2.05, 4.69) is 5.32 Å². The van der Waals surface area contributed by atoms with Crippen molar-refractivity contribution in [2.24, 2.45) is 0 Å². The van der Waals surface area contributed by atoms with Gasteiger partial charge in [0.2, 0.25) is 5.75 Å². The number of nitrogens with one attached hydrogen (secondary N) is 1. The van der Waals surface area contributed by atoms with Crippen LogP contribution >= 0.6 is 0 Å². The van der Waals surface area contributed by atoms with Crippen molar-refractivity contribution >= 4 is 5.91 Å². The average Bonchev–Trinajstić information content (AvgIpc) is 2.89. The first-order chi connectivity index (χ1) is 16.6. The van der Waals surface area contributed by atoms with E-state index in [1.165, 1.54) is 21.3 Å². The molecule has 3 aromatic carbocycles. The van der Waals surface area contributed by atoms with Crippen LogP contribution in [-0.2, 0) is 6.61 Å². The Morgan fingerprint density at radius 3 is 1.97 bits per heavy atom. The van der Waals surface area contributed by atoms with Crippen LogP contribution in [0.4, 0.5) is 0 Å². The summed E-state index contributed by atoms with van der Waals surface area (Å²) in [5, 5.41) is 2.91. The van der Waals surface area contributed by atoms with E-state index >= 15 is 0 Å². The first-order valence-corrected chi connectivity index (χ1v) is 11.1. The van der Waals surface area contributed by atoms with Gasteiger partial charge in [-0.3, -0.25) is 4.79 Å². The highest BCUT2D eigenvalue weighted by Gasteiger charge is 2.16. The number of hydrogen-bond acceptors (Lipinski definition) is 6. The molecule has 34 heavy (non-hydrogen) atoms. The third-order valence-corrected chi connectivity index (χ3v) is 5.12. The fraction of sp³-hybridized carbons (Fsp3) is 0.296. The van der Waals surface area contributed by atoms with E-state index in [0.29, 0.717) is 42.6 Å². The molecule has 0 aliphatic rings. The van der Waals surface area contributed by atoms with Crippen LogP contribution in [0.2, 0.25) is 0 Å². The van der Waals surface area contributed by atoms with E-state index in [0.717, 1.165) is 29.9 Å². The van der Waals surface area contributed by atoms with Crippen LogP contribution in [0.5, 0.6) is 28.7 Å². The van der Waals surface area contributed by atoms with Gasteiger partial charge in [0.15, 0.2) is 11.5 Å². The van der Waals surface area contributed by atoms with Gasteiger partial charge in [0.05, 0.1) is 27.9 Å². The lowest BCUT2D eigenvalue weighted by Gasteiger charge is -2.14. The maximum Gasteiger partial charge on any atom is 0.251 e. The van der Waals surface area contributed by atoms with Gasteiger partial charge in [-0.1, -0.05) is 30.3 Å². The van der Waals surface area contributed by atoms with E-state index in [1.54, 1.807) is 12.1 Å². The van der Waals surface area contributed by atoms with E-state index in [1.807, 2.05) is 54.6 Å². The van der Waals surface area contributed by atoms with Crippen molar-refractivity contribution < 1.29 is 28.5 Å². The third kappa shape index (κ3) is 7.07. The van der Waals surface area contributed by atoms with E-state index in [4.69, 9.17) is 23.7 Å². The highest BCUT2D eigenvalue weighted by atomic mass is 16.5. The molecule has 0 radical (unpaired) electrons. The molecule has 7 heteroatoms. The van der Waals surface area contributed by atoms with Crippen molar-refractivity contribution in [2.75, 3.05) is 34.5 Å². The Labute approximate surface area is 200 Å². The molecule has 0 saturated carbocycles. The van der Waals surface area contributed by atoms with Gasteiger partial charge in [0.25, 0.3) is 5.91 Å². The molecule has 0 spiro atoms. The van der Waals surface area contributed by atoms with E-state index in [-0.39, 0.29) is 5.91 Å². The van der Waals surface area contributed by atoms with Gasteiger partial charge in [-0.05, 0) is 54.8 Å². The minimum Gasteiger partial charge on any atom is -0.494 e. The quantitative estimate of drug-likeness (QED) is 0.363. The Morgan fingerprint density at radius 2 is 1.38 bits per heavy atom. The molecule has 0 saturated heterocycles. The highest BCUT2D eigenvalue weighted by Crippen LogP contribution is 2.38. The van der Waals surface area contributed by atoms with Gasteiger partial charge in [0.1, 0.15) is 18.1 Å². The molecule has 0 fully saturated rings. The molecule has 1 amide bonds. The smallest absolute Gasteiger partial charge is 0.251 e. The molecule has 3 rings (SSSR count). The number of rotatable bonds is 13. The molecular formula is C27H31NO6. The number of amides is 1. The summed E-state index contributed by atoms with van der Waals surface area (Å²) in [5.41, 5.74) is 1.57. The number of unbranched alkanes of at least 4 members (excludes halogenated alkanes) is 1. The zero-order valence-corrected chi connectivity index (χ0v) is 19.8. The monoisotopic (exact) mass is 465 g/mol. The number of hydrogen-bond donors (Lipinski definition) is 1. The molecule has 180 valence electrons. The van der Waals surface area contributed by atoms with Crippen molar-refractivity contribution in [1.29, 1.82) is 0 Å². The second kappa shape index (κ2) is 13.0. The first-order valence-electron chi connectivity index (χ1n) is 11.1. The van der Waals surface area contributed by atoms with Gasteiger partial charge in [-0.25, -0.2) is 0 Å². The lowest BCUT2D eigenvalue weighted by Crippen LogP contribution is -2.24. The molecule has 0 bridgehead atoms. The van der Waals surface area contributed by atoms with Crippen LogP contribution in [0.3, 0.4) is 0 Å². The van der Waals surface area contributed by atoms with Crippen LogP contribution in [0.15, 0.2) is 66.7 Å². The van der Waals surface area contributed by atoms with Gasteiger partial charge in [-0.15, -0.1) is 0 Å². The van der Waals surface area contributed by atoms with Gasteiger partial charge < -0.3 is 29.0 Å². The number of benzene rings is 3. The number of carbonyl (C=O) groups is 1. The summed E-state index contributed by atoms with van der Waals surface area (Å²) in [5.74, 6) is 2.72. The Bertz CT molecular complexity index is 1010. The molecule has 3 aromatic rings. The summed E-state index contributed by atoms with van der Waals surface area (Å²) in [6.07, 6.45) is 1.59. The highest BCUT2D eigenvalue weighted by molar-refractivity contribution is 5.95. The lowest BCUT2D eigenvalue weighted by atomic mass is 10.1. The topological polar surface area (TPSA) is 75.3 Å². The number of ether oxygens (including phenoxy) is 5. The summed E-state index contributed by atoms with van der Waals surface area (Å²) in [4.78, 5) is 12.5. The number of carbonyl (C=O) groups excluding carboxylic acids is 1. The predicted molar refractivity (Wildman–Crippen MR) is 130 cm³/mol. The Balaban J connectivity index is 1.36. The molecule has 0 atom stereocenters. The fourth-order valence-corrected chi connectivity index (χ4v) is 3.31. The van der Waals surface area contributed by atoms with Crippen LogP contribution in [0.1, 0.15) is 28.8 Å². The minimum absolute atomic E-state index is 0.203. The minimum atomic E-state index is -0.203. The van der Waals surface area contributed by atoms with Crippen molar-refractivity contribution in [3.63, 3.8) is 0 Å². The fourth-order valence-electron chi connectivity index (χ4n) is 3.31. The lowest BCUT2D eigenvalue weighted by molar-refractivity contribution is 0.0951. The standard InChI is InChI=1S/C27H31NO6/c1-30-24-17-21(18-25(31-2)26(24)32-3)27(29)28-15-7-8-16-33-22-11-13-23(14-12-22)34-19-20-9-5-4-6-10-20/h4-6,9-14,17-18H,7-8,15-16,19H2,1-3H3,(H,28,29). The summed E-state index contributed by atoms with van der Waals surface area (Å²) in [6, 6.07) is 20.9. The molecule has 0 aliphatic heterocycles. The second-order valence-electron chi connectivity index (χ2n) is 7.47. The normalized spacial score (nSPS) is 10.3. The van der Waals surface area contributed by atoms with Gasteiger partial charge in [-0.2, -0.15) is 0 Å². The van der Waals surface area contributed by atoms with Gasteiger partial charge in [0, 0.05) is 12.1 Å². The van der Waals surface area contributed by atoms with Crippen molar-refractivity contribution in [2.45, 2.75) is 19.4 Å².